The van der Waals surface area contributed by atoms with Gasteiger partial charge in [-0.1, -0.05) is 44.2 Å². The van der Waals surface area contributed by atoms with Crippen molar-refractivity contribution in [2.45, 2.75) is 32.9 Å². The molecule has 1 aromatic rings. The number of benzene rings is 1. The monoisotopic (exact) mass is 383 g/mol. The van der Waals surface area contributed by atoms with E-state index in [1.165, 1.54) is 0 Å². The predicted molar refractivity (Wildman–Crippen MR) is 104 cm³/mol. The van der Waals surface area contributed by atoms with Crippen LogP contribution in [0.15, 0.2) is 30.3 Å². The Balaban J connectivity index is 0.00000338. The Morgan fingerprint density at radius 2 is 2.00 bits per heavy atom. The van der Waals surface area contributed by atoms with E-state index in [0.29, 0.717) is 32.2 Å². The van der Waals surface area contributed by atoms with Crippen LogP contribution in [0.4, 0.5) is 0 Å². The molecule has 0 spiro atoms. The largest absolute Gasteiger partial charge is 0.376 e. The Morgan fingerprint density at radius 3 is 2.65 bits per heavy atom. The summed E-state index contributed by atoms with van der Waals surface area (Å²) in [6.07, 6.45) is 0.931. The van der Waals surface area contributed by atoms with Gasteiger partial charge in [0.25, 0.3) is 0 Å². The van der Waals surface area contributed by atoms with Crippen molar-refractivity contribution in [1.82, 2.24) is 10.2 Å². The van der Waals surface area contributed by atoms with E-state index in [1.807, 2.05) is 44.2 Å². The lowest BCUT2D eigenvalue weighted by atomic mass is 10.1. The minimum Gasteiger partial charge on any atom is -0.376 e. The summed E-state index contributed by atoms with van der Waals surface area (Å²) in [4.78, 5) is 25.8. The van der Waals surface area contributed by atoms with Gasteiger partial charge in [-0.15, -0.1) is 12.4 Å². The summed E-state index contributed by atoms with van der Waals surface area (Å²) in [5, 5.41) is 2.63. The minimum atomic E-state index is -0.578. The number of nitrogens with one attached hydrogen (secondary N) is 1. The minimum absolute atomic E-state index is 0. The quantitative estimate of drug-likeness (QED) is 0.713. The SMILES string of the molecule is CC(C)[C@H](N)C(=O)NCC(=O)N1CCC(COCc2ccccc2)C1.Cl. The summed E-state index contributed by atoms with van der Waals surface area (Å²) in [7, 11) is 0. The molecular formula is C19H30ClN3O3. The normalized spacial score (nSPS) is 17.7. The standard InChI is InChI=1S/C19H29N3O3.ClH/c1-14(2)18(20)19(24)21-10-17(23)22-9-8-16(11-22)13-25-12-15-6-4-3-5-7-15;/h3-7,14,16,18H,8-13,20H2,1-2H3,(H,21,24);1H/t16?,18-;/m0./s1. The van der Waals surface area contributed by atoms with Crippen molar-refractivity contribution in [3.8, 4) is 0 Å². The number of amides is 2. The van der Waals surface area contributed by atoms with Crippen molar-refractivity contribution in [2.75, 3.05) is 26.2 Å². The number of nitrogens with zero attached hydrogens (tertiary/aromatic N) is 1. The first-order chi connectivity index (χ1) is 12.0. The fourth-order valence-corrected chi connectivity index (χ4v) is 2.81. The molecule has 1 saturated heterocycles. The van der Waals surface area contributed by atoms with Crippen LogP contribution < -0.4 is 11.1 Å². The van der Waals surface area contributed by atoms with Crippen LogP contribution in [-0.2, 0) is 20.9 Å². The number of ether oxygens (including phenoxy) is 1. The Labute approximate surface area is 161 Å². The molecule has 0 aromatic heterocycles. The molecule has 1 aliphatic heterocycles. The number of rotatable bonds is 8. The zero-order valence-corrected chi connectivity index (χ0v) is 16.3. The van der Waals surface area contributed by atoms with E-state index in [0.717, 1.165) is 12.0 Å². The predicted octanol–water partition coefficient (Wildman–Crippen LogP) is 1.57. The smallest absolute Gasteiger partial charge is 0.241 e. The second-order valence-electron chi connectivity index (χ2n) is 6.98. The van der Waals surface area contributed by atoms with Crippen molar-refractivity contribution in [3.63, 3.8) is 0 Å². The molecule has 2 amide bonds. The van der Waals surface area contributed by atoms with Crippen molar-refractivity contribution in [1.29, 1.82) is 0 Å². The molecule has 1 aromatic carbocycles. The summed E-state index contributed by atoms with van der Waals surface area (Å²) in [6.45, 7) is 6.40. The van der Waals surface area contributed by atoms with Gasteiger partial charge in [0.15, 0.2) is 0 Å². The molecule has 7 heteroatoms. The van der Waals surface area contributed by atoms with Gasteiger partial charge in [-0.3, -0.25) is 9.59 Å². The first-order valence-corrected chi connectivity index (χ1v) is 8.90. The van der Waals surface area contributed by atoms with Crippen LogP contribution in [0.1, 0.15) is 25.8 Å². The highest BCUT2D eigenvalue weighted by Crippen LogP contribution is 2.17. The summed E-state index contributed by atoms with van der Waals surface area (Å²) in [5.74, 6) is 0.0643. The molecule has 0 radical (unpaired) electrons. The van der Waals surface area contributed by atoms with Crippen LogP contribution in [0.2, 0.25) is 0 Å². The fraction of sp³-hybridized carbons (Fsp3) is 0.579. The number of likely N-dealkylation sites (tertiary alicyclic amines) is 1. The van der Waals surface area contributed by atoms with Gasteiger partial charge in [0.2, 0.25) is 11.8 Å². The van der Waals surface area contributed by atoms with Crippen LogP contribution in [0.25, 0.3) is 0 Å². The van der Waals surface area contributed by atoms with E-state index in [-0.39, 0.29) is 36.7 Å². The molecule has 1 aliphatic rings. The number of carbonyl (C=O) groups is 2. The zero-order chi connectivity index (χ0) is 18.2. The Morgan fingerprint density at radius 1 is 1.31 bits per heavy atom. The second-order valence-corrected chi connectivity index (χ2v) is 6.98. The maximum Gasteiger partial charge on any atom is 0.241 e. The van der Waals surface area contributed by atoms with Gasteiger partial charge in [-0.25, -0.2) is 0 Å². The lowest BCUT2D eigenvalue weighted by Gasteiger charge is -2.19. The molecular weight excluding hydrogens is 354 g/mol. The van der Waals surface area contributed by atoms with E-state index < -0.39 is 6.04 Å². The highest BCUT2D eigenvalue weighted by molar-refractivity contribution is 5.87. The Kier molecular flexibility index (Phi) is 9.62. The maximum absolute atomic E-state index is 12.2. The molecule has 1 fully saturated rings. The first-order valence-electron chi connectivity index (χ1n) is 8.90. The van der Waals surface area contributed by atoms with E-state index in [1.54, 1.807) is 4.90 Å². The molecule has 1 unspecified atom stereocenters. The number of halogens is 1. The van der Waals surface area contributed by atoms with Crippen LogP contribution in [-0.4, -0.2) is 49.0 Å². The van der Waals surface area contributed by atoms with Gasteiger partial charge in [-0.2, -0.15) is 0 Å². The third-order valence-electron chi connectivity index (χ3n) is 4.54. The Hall–Kier alpha value is -1.63. The molecule has 6 nitrogen and oxygen atoms in total. The number of hydrogen-bond acceptors (Lipinski definition) is 4. The molecule has 3 N–H and O–H groups in total. The number of hydrogen-bond donors (Lipinski definition) is 2. The van der Waals surface area contributed by atoms with Gasteiger partial charge in [0.1, 0.15) is 0 Å². The number of carbonyl (C=O) groups excluding carboxylic acids is 2. The summed E-state index contributed by atoms with van der Waals surface area (Å²) in [5.41, 5.74) is 6.92. The number of nitrogens with two attached hydrogens (primary N) is 1. The van der Waals surface area contributed by atoms with Crippen LogP contribution in [0.5, 0.6) is 0 Å². The van der Waals surface area contributed by atoms with Crippen molar-refractivity contribution in [2.24, 2.45) is 17.6 Å². The average molecular weight is 384 g/mol. The third kappa shape index (κ3) is 6.94. The molecule has 146 valence electrons. The lowest BCUT2D eigenvalue weighted by molar-refractivity contribution is -0.132. The third-order valence-corrected chi connectivity index (χ3v) is 4.54. The molecule has 0 aliphatic carbocycles. The van der Waals surface area contributed by atoms with E-state index in [4.69, 9.17) is 10.5 Å². The van der Waals surface area contributed by atoms with Gasteiger partial charge in [0.05, 0.1) is 25.8 Å². The molecule has 26 heavy (non-hydrogen) atoms. The summed E-state index contributed by atoms with van der Waals surface area (Å²) in [6, 6.07) is 9.47. The van der Waals surface area contributed by atoms with Crippen LogP contribution >= 0.6 is 12.4 Å². The van der Waals surface area contributed by atoms with Gasteiger partial charge in [-0.05, 0) is 17.9 Å². The van der Waals surface area contributed by atoms with E-state index >= 15 is 0 Å². The highest BCUT2D eigenvalue weighted by atomic mass is 35.5. The van der Waals surface area contributed by atoms with Crippen molar-refractivity contribution >= 4 is 24.2 Å². The topological polar surface area (TPSA) is 84.7 Å². The van der Waals surface area contributed by atoms with Crippen molar-refractivity contribution < 1.29 is 14.3 Å². The molecule has 2 rings (SSSR count). The fourth-order valence-electron chi connectivity index (χ4n) is 2.81. The molecule has 2 atom stereocenters. The molecule has 0 saturated carbocycles. The van der Waals surface area contributed by atoms with Crippen molar-refractivity contribution in [3.05, 3.63) is 35.9 Å². The second kappa shape index (κ2) is 11.2. The van der Waals surface area contributed by atoms with Gasteiger partial charge < -0.3 is 20.7 Å². The zero-order valence-electron chi connectivity index (χ0n) is 15.5. The molecule has 1 heterocycles. The summed E-state index contributed by atoms with van der Waals surface area (Å²) < 4.78 is 5.76. The lowest BCUT2D eigenvalue weighted by Crippen LogP contribution is -2.47. The maximum atomic E-state index is 12.2. The average Bonchev–Trinajstić information content (AvgIpc) is 3.08. The first kappa shape index (κ1) is 22.4. The van der Waals surface area contributed by atoms with E-state index in [9.17, 15) is 9.59 Å². The van der Waals surface area contributed by atoms with E-state index in [2.05, 4.69) is 5.32 Å². The summed E-state index contributed by atoms with van der Waals surface area (Å²) >= 11 is 0. The van der Waals surface area contributed by atoms with Crippen LogP contribution in [0, 0.1) is 11.8 Å². The molecule has 0 bridgehead atoms. The van der Waals surface area contributed by atoms with Crippen LogP contribution in [0.3, 0.4) is 0 Å². The highest BCUT2D eigenvalue weighted by Gasteiger charge is 2.27. The Bertz CT molecular complexity index is 568. The van der Waals surface area contributed by atoms with Gasteiger partial charge >= 0.3 is 0 Å². The van der Waals surface area contributed by atoms with Gasteiger partial charge in [0, 0.05) is 19.0 Å².